The van der Waals surface area contributed by atoms with Crippen LogP contribution < -0.4 is 5.32 Å². The van der Waals surface area contributed by atoms with Crippen LogP contribution in [0.1, 0.15) is 23.2 Å². The summed E-state index contributed by atoms with van der Waals surface area (Å²) >= 11 is 1.58. The second kappa shape index (κ2) is 8.58. The van der Waals surface area contributed by atoms with Gasteiger partial charge in [0, 0.05) is 37.1 Å². The van der Waals surface area contributed by atoms with Gasteiger partial charge in [-0.25, -0.2) is 4.79 Å². The lowest BCUT2D eigenvalue weighted by Crippen LogP contribution is -2.52. The Hall–Kier alpha value is -1.73. The fourth-order valence-corrected chi connectivity index (χ4v) is 3.86. The SMILES string of the molecule is CSc1ccccc1C(=O)NC1CCN(C(=O)N2CCOCC2)CC1. The number of morpholine rings is 1. The van der Waals surface area contributed by atoms with Crippen LogP contribution in [0.2, 0.25) is 0 Å². The number of likely N-dealkylation sites (tertiary alicyclic amines) is 1. The average Bonchev–Trinajstić information content (AvgIpc) is 2.68. The summed E-state index contributed by atoms with van der Waals surface area (Å²) in [4.78, 5) is 29.8. The zero-order valence-electron chi connectivity index (χ0n) is 14.6. The van der Waals surface area contributed by atoms with Crippen LogP contribution in [0.15, 0.2) is 29.2 Å². The van der Waals surface area contributed by atoms with Gasteiger partial charge in [-0.1, -0.05) is 12.1 Å². The summed E-state index contributed by atoms with van der Waals surface area (Å²) < 4.78 is 5.30. The van der Waals surface area contributed by atoms with Crippen molar-refractivity contribution in [1.29, 1.82) is 0 Å². The van der Waals surface area contributed by atoms with E-state index in [0.717, 1.165) is 23.3 Å². The summed E-state index contributed by atoms with van der Waals surface area (Å²) in [7, 11) is 0. The number of hydrogen-bond acceptors (Lipinski definition) is 4. The Morgan fingerprint density at radius 2 is 1.72 bits per heavy atom. The predicted molar refractivity (Wildman–Crippen MR) is 98.1 cm³/mol. The zero-order chi connectivity index (χ0) is 17.6. The Morgan fingerprint density at radius 3 is 2.40 bits per heavy atom. The van der Waals surface area contributed by atoms with Crippen molar-refractivity contribution in [2.24, 2.45) is 0 Å². The van der Waals surface area contributed by atoms with Gasteiger partial charge in [0.05, 0.1) is 18.8 Å². The first kappa shape index (κ1) is 18.1. The molecule has 3 rings (SSSR count). The highest BCUT2D eigenvalue weighted by atomic mass is 32.2. The monoisotopic (exact) mass is 363 g/mol. The van der Waals surface area contributed by atoms with E-state index in [1.54, 1.807) is 11.8 Å². The molecule has 0 spiro atoms. The summed E-state index contributed by atoms with van der Waals surface area (Å²) in [5, 5.41) is 3.13. The average molecular weight is 363 g/mol. The van der Waals surface area contributed by atoms with Gasteiger partial charge in [-0.05, 0) is 31.2 Å². The van der Waals surface area contributed by atoms with E-state index in [4.69, 9.17) is 4.74 Å². The van der Waals surface area contributed by atoms with E-state index >= 15 is 0 Å². The van der Waals surface area contributed by atoms with Gasteiger partial charge in [0.2, 0.25) is 0 Å². The van der Waals surface area contributed by atoms with Gasteiger partial charge >= 0.3 is 6.03 Å². The molecule has 2 saturated heterocycles. The number of nitrogens with one attached hydrogen (secondary N) is 1. The molecule has 0 aliphatic carbocycles. The molecular weight excluding hydrogens is 338 g/mol. The first-order valence-corrected chi connectivity index (χ1v) is 9.97. The predicted octanol–water partition coefficient (Wildman–Crippen LogP) is 2.05. The van der Waals surface area contributed by atoms with E-state index in [2.05, 4.69) is 5.32 Å². The molecule has 136 valence electrons. The topological polar surface area (TPSA) is 61.9 Å². The zero-order valence-corrected chi connectivity index (χ0v) is 15.4. The van der Waals surface area contributed by atoms with Crippen LogP contribution in [-0.2, 0) is 4.74 Å². The van der Waals surface area contributed by atoms with Crippen LogP contribution >= 0.6 is 11.8 Å². The third kappa shape index (κ3) is 4.46. The molecule has 25 heavy (non-hydrogen) atoms. The number of carbonyl (C=O) groups is 2. The van der Waals surface area contributed by atoms with Crippen molar-refractivity contribution < 1.29 is 14.3 Å². The maximum atomic E-state index is 12.5. The fraction of sp³-hybridized carbons (Fsp3) is 0.556. The number of benzene rings is 1. The maximum Gasteiger partial charge on any atom is 0.320 e. The minimum Gasteiger partial charge on any atom is -0.378 e. The number of piperidine rings is 1. The van der Waals surface area contributed by atoms with Crippen LogP contribution in [0.25, 0.3) is 0 Å². The minimum atomic E-state index is -0.0251. The molecule has 0 atom stereocenters. The normalized spacial score (nSPS) is 18.9. The van der Waals surface area contributed by atoms with Crippen molar-refractivity contribution in [1.82, 2.24) is 15.1 Å². The van der Waals surface area contributed by atoms with Gasteiger partial charge < -0.3 is 19.9 Å². The van der Waals surface area contributed by atoms with Gasteiger partial charge in [0.25, 0.3) is 5.91 Å². The van der Waals surface area contributed by atoms with E-state index in [9.17, 15) is 9.59 Å². The molecular formula is C18H25N3O3S. The van der Waals surface area contributed by atoms with E-state index < -0.39 is 0 Å². The van der Waals surface area contributed by atoms with Gasteiger partial charge in [-0.3, -0.25) is 4.79 Å². The number of urea groups is 1. The van der Waals surface area contributed by atoms with Crippen LogP contribution in [0.3, 0.4) is 0 Å². The standard InChI is InChI=1S/C18H25N3O3S/c1-25-16-5-3-2-4-15(16)17(22)19-14-6-8-20(9-7-14)18(23)21-10-12-24-13-11-21/h2-5,14H,6-13H2,1H3,(H,19,22). The number of rotatable bonds is 3. The van der Waals surface area contributed by atoms with Crippen molar-refractivity contribution in [3.63, 3.8) is 0 Å². The molecule has 0 bridgehead atoms. The van der Waals surface area contributed by atoms with Crippen molar-refractivity contribution in [3.8, 4) is 0 Å². The second-order valence-corrected chi connectivity index (χ2v) is 7.17. The number of thioether (sulfide) groups is 1. The quantitative estimate of drug-likeness (QED) is 0.835. The molecule has 1 N–H and O–H groups in total. The van der Waals surface area contributed by atoms with Crippen LogP contribution in [0.5, 0.6) is 0 Å². The first-order valence-electron chi connectivity index (χ1n) is 8.74. The van der Waals surface area contributed by atoms with Crippen molar-refractivity contribution in [3.05, 3.63) is 29.8 Å². The molecule has 7 heteroatoms. The van der Waals surface area contributed by atoms with Crippen molar-refractivity contribution in [2.75, 3.05) is 45.6 Å². The summed E-state index contributed by atoms with van der Waals surface area (Å²) in [5.41, 5.74) is 0.724. The molecule has 0 unspecified atom stereocenters. The summed E-state index contributed by atoms with van der Waals surface area (Å²) in [5.74, 6) is -0.0251. The second-order valence-electron chi connectivity index (χ2n) is 6.32. The lowest BCUT2D eigenvalue weighted by atomic mass is 10.0. The molecule has 2 fully saturated rings. The first-order chi connectivity index (χ1) is 12.2. The third-order valence-electron chi connectivity index (χ3n) is 4.73. The lowest BCUT2D eigenvalue weighted by molar-refractivity contribution is 0.0407. The Bertz CT molecular complexity index is 611. The van der Waals surface area contributed by atoms with Crippen LogP contribution in [0.4, 0.5) is 4.79 Å². The number of nitrogens with zero attached hydrogens (tertiary/aromatic N) is 2. The third-order valence-corrected chi connectivity index (χ3v) is 5.53. The number of hydrogen-bond donors (Lipinski definition) is 1. The van der Waals surface area contributed by atoms with Crippen LogP contribution in [-0.4, -0.2) is 73.4 Å². The van der Waals surface area contributed by atoms with Gasteiger partial charge in [-0.2, -0.15) is 0 Å². The molecule has 2 aliphatic rings. The molecule has 2 aliphatic heterocycles. The molecule has 0 saturated carbocycles. The van der Waals surface area contributed by atoms with Crippen molar-refractivity contribution >= 4 is 23.7 Å². The molecule has 1 aromatic carbocycles. The number of carbonyl (C=O) groups excluding carboxylic acids is 2. The molecule has 6 nitrogen and oxygen atoms in total. The van der Waals surface area contributed by atoms with Gasteiger partial charge in [0.1, 0.15) is 0 Å². The number of ether oxygens (including phenoxy) is 1. The van der Waals surface area contributed by atoms with Crippen molar-refractivity contribution in [2.45, 2.75) is 23.8 Å². The maximum absolute atomic E-state index is 12.5. The van der Waals surface area contributed by atoms with E-state index in [-0.39, 0.29) is 18.0 Å². The largest absolute Gasteiger partial charge is 0.378 e. The highest BCUT2D eigenvalue weighted by Gasteiger charge is 2.28. The summed E-state index contributed by atoms with van der Waals surface area (Å²) in [6.07, 6.45) is 3.56. The van der Waals surface area contributed by atoms with Gasteiger partial charge in [-0.15, -0.1) is 11.8 Å². The molecule has 3 amide bonds. The Balaban J connectivity index is 1.50. The van der Waals surface area contributed by atoms with E-state index in [1.807, 2.05) is 40.3 Å². The summed E-state index contributed by atoms with van der Waals surface area (Å²) in [6.45, 7) is 3.94. The highest BCUT2D eigenvalue weighted by Crippen LogP contribution is 2.20. The minimum absolute atomic E-state index is 0.0251. The summed E-state index contributed by atoms with van der Waals surface area (Å²) in [6, 6.07) is 7.87. The van der Waals surface area contributed by atoms with E-state index in [0.29, 0.717) is 39.4 Å². The molecule has 0 radical (unpaired) electrons. The molecule has 0 aromatic heterocycles. The Labute approximate surface area is 152 Å². The number of amides is 3. The van der Waals surface area contributed by atoms with Crippen LogP contribution in [0, 0.1) is 0 Å². The smallest absolute Gasteiger partial charge is 0.320 e. The highest BCUT2D eigenvalue weighted by molar-refractivity contribution is 7.98. The lowest BCUT2D eigenvalue weighted by Gasteiger charge is -2.37. The van der Waals surface area contributed by atoms with Gasteiger partial charge in [0.15, 0.2) is 0 Å². The Morgan fingerprint density at radius 1 is 1.08 bits per heavy atom. The molecule has 2 heterocycles. The Kier molecular flexibility index (Phi) is 6.20. The van der Waals surface area contributed by atoms with E-state index in [1.165, 1.54) is 0 Å². The fourth-order valence-electron chi connectivity index (χ4n) is 3.27. The molecule has 1 aromatic rings.